The van der Waals surface area contributed by atoms with Crippen molar-refractivity contribution in [2.75, 3.05) is 30.3 Å². The van der Waals surface area contributed by atoms with E-state index < -0.39 is 17.7 Å². The van der Waals surface area contributed by atoms with E-state index in [9.17, 15) is 19.2 Å². The number of imide groups is 1. The second kappa shape index (κ2) is 7.75. The number of amides is 5. The molecule has 0 spiro atoms. The Morgan fingerprint density at radius 1 is 0.828 bits per heavy atom. The number of rotatable bonds is 4. The Bertz CT molecular complexity index is 963. The number of hydrogen-bond donors (Lipinski definition) is 2. The SMILES string of the molecule is O=C(CN1C(=O)c2ccccc2C1=O)Nc1cccc(NC(=O)N2CCCC2)c1. The van der Waals surface area contributed by atoms with Gasteiger partial charge in [-0.1, -0.05) is 18.2 Å². The number of carbonyl (C=O) groups excluding carboxylic acids is 4. The van der Waals surface area contributed by atoms with Gasteiger partial charge in [0.25, 0.3) is 11.8 Å². The Kier molecular flexibility index (Phi) is 4.99. The molecule has 2 aromatic carbocycles. The molecule has 0 saturated carbocycles. The van der Waals surface area contributed by atoms with Crippen LogP contribution in [0.5, 0.6) is 0 Å². The minimum absolute atomic E-state index is 0.169. The van der Waals surface area contributed by atoms with Crippen molar-refractivity contribution in [1.29, 1.82) is 0 Å². The van der Waals surface area contributed by atoms with Crippen molar-refractivity contribution in [1.82, 2.24) is 9.80 Å². The van der Waals surface area contributed by atoms with Crippen LogP contribution in [0, 0.1) is 0 Å². The van der Waals surface area contributed by atoms with E-state index in [-0.39, 0.29) is 12.6 Å². The van der Waals surface area contributed by atoms with Gasteiger partial charge in [-0.05, 0) is 43.2 Å². The molecule has 0 aromatic heterocycles. The van der Waals surface area contributed by atoms with E-state index in [0.717, 1.165) is 30.8 Å². The number of hydrogen-bond acceptors (Lipinski definition) is 4. The highest BCUT2D eigenvalue weighted by atomic mass is 16.2. The van der Waals surface area contributed by atoms with E-state index in [2.05, 4.69) is 10.6 Å². The molecular formula is C21H20N4O4. The van der Waals surface area contributed by atoms with Crippen molar-refractivity contribution in [2.24, 2.45) is 0 Å². The summed E-state index contributed by atoms with van der Waals surface area (Å²) in [5, 5.41) is 5.48. The molecule has 2 aliphatic rings. The Labute approximate surface area is 167 Å². The maximum Gasteiger partial charge on any atom is 0.321 e. The number of carbonyl (C=O) groups is 4. The molecule has 1 fully saturated rings. The van der Waals surface area contributed by atoms with E-state index in [0.29, 0.717) is 22.5 Å². The number of nitrogens with one attached hydrogen (secondary N) is 2. The average Bonchev–Trinajstić information content (AvgIpc) is 3.33. The zero-order valence-electron chi connectivity index (χ0n) is 15.7. The molecule has 0 aliphatic carbocycles. The van der Waals surface area contributed by atoms with Crippen LogP contribution < -0.4 is 10.6 Å². The van der Waals surface area contributed by atoms with Gasteiger partial charge in [-0.2, -0.15) is 0 Å². The van der Waals surface area contributed by atoms with Gasteiger partial charge >= 0.3 is 6.03 Å². The first-order valence-corrected chi connectivity index (χ1v) is 9.44. The molecule has 5 amide bonds. The standard InChI is InChI=1S/C21H20N4O4/c26-18(13-25-19(27)16-8-1-2-9-17(16)20(25)28)22-14-6-5-7-15(12-14)23-21(29)24-10-3-4-11-24/h1-2,5-9,12H,3-4,10-11,13H2,(H,22,26)(H,23,29). The van der Waals surface area contributed by atoms with Crippen molar-refractivity contribution in [3.8, 4) is 0 Å². The van der Waals surface area contributed by atoms with Gasteiger partial charge in [-0.25, -0.2) is 4.79 Å². The number of likely N-dealkylation sites (tertiary alicyclic amines) is 1. The van der Waals surface area contributed by atoms with Gasteiger partial charge in [0.15, 0.2) is 0 Å². The van der Waals surface area contributed by atoms with Crippen LogP contribution >= 0.6 is 0 Å². The van der Waals surface area contributed by atoms with Crippen molar-refractivity contribution in [3.63, 3.8) is 0 Å². The first-order chi connectivity index (χ1) is 14.0. The van der Waals surface area contributed by atoms with E-state index in [1.807, 2.05) is 0 Å². The zero-order valence-corrected chi connectivity index (χ0v) is 15.7. The summed E-state index contributed by atoms with van der Waals surface area (Å²) in [5.41, 5.74) is 1.63. The largest absolute Gasteiger partial charge is 0.325 e. The van der Waals surface area contributed by atoms with Crippen molar-refractivity contribution >= 4 is 35.1 Å². The van der Waals surface area contributed by atoms with Crippen LogP contribution in [0.15, 0.2) is 48.5 Å². The molecule has 0 atom stereocenters. The average molecular weight is 392 g/mol. The maximum absolute atomic E-state index is 12.4. The zero-order chi connectivity index (χ0) is 20.4. The van der Waals surface area contributed by atoms with Crippen LogP contribution in [0.1, 0.15) is 33.6 Å². The van der Waals surface area contributed by atoms with E-state index in [1.54, 1.807) is 53.4 Å². The van der Waals surface area contributed by atoms with Crippen LogP contribution in [0.2, 0.25) is 0 Å². The van der Waals surface area contributed by atoms with E-state index in [1.165, 1.54) is 0 Å². The smallest absolute Gasteiger partial charge is 0.321 e. The highest BCUT2D eigenvalue weighted by Crippen LogP contribution is 2.22. The molecule has 0 radical (unpaired) electrons. The second-order valence-corrected chi connectivity index (χ2v) is 7.00. The van der Waals surface area contributed by atoms with Crippen LogP contribution in [0.4, 0.5) is 16.2 Å². The Balaban J connectivity index is 1.38. The molecule has 0 bridgehead atoms. The minimum atomic E-state index is -0.498. The summed E-state index contributed by atoms with van der Waals surface area (Å²) in [6, 6.07) is 13.1. The molecule has 0 unspecified atom stereocenters. The van der Waals surface area contributed by atoms with Crippen LogP contribution in [0.25, 0.3) is 0 Å². The molecule has 2 heterocycles. The number of benzene rings is 2. The summed E-state index contributed by atoms with van der Waals surface area (Å²) in [6.07, 6.45) is 2.00. The normalized spacial score (nSPS) is 15.4. The Hall–Kier alpha value is -3.68. The number of nitrogens with zero attached hydrogens (tertiary/aromatic N) is 2. The fourth-order valence-electron chi connectivity index (χ4n) is 3.52. The second-order valence-electron chi connectivity index (χ2n) is 7.00. The lowest BCUT2D eigenvalue weighted by Gasteiger charge is -2.17. The molecule has 2 aliphatic heterocycles. The molecule has 8 heteroatoms. The summed E-state index contributed by atoms with van der Waals surface area (Å²) in [5.74, 6) is -1.46. The fourth-order valence-corrected chi connectivity index (χ4v) is 3.52. The molecule has 4 rings (SSSR count). The van der Waals surface area contributed by atoms with Crippen molar-refractivity contribution in [2.45, 2.75) is 12.8 Å². The first kappa shape index (κ1) is 18.7. The third-order valence-electron chi connectivity index (χ3n) is 4.97. The monoisotopic (exact) mass is 392 g/mol. The predicted molar refractivity (Wildman–Crippen MR) is 107 cm³/mol. The van der Waals surface area contributed by atoms with Gasteiger partial charge in [0, 0.05) is 24.5 Å². The van der Waals surface area contributed by atoms with Crippen LogP contribution in [0.3, 0.4) is 0 Å². The number of fused-ring (bicyclic) bond motifs is 1. The molecule has 29 heavy (non-hydrogen) atoms. The van der Waals surface area contributed by atoms with E-state index >= 15 is 0 Å². The topological polar surface area (TPSA) is 98.8 Å². The third-order valence-corrected chi connectivity index (χ3v) is 4.97. The fraction of sp³-hybridized carbons (Fsp3) is 0.238. The third kappa shape index (κ3) is 3.82. The predicted octanol–water partition coefficient (Wildman–Crippen LogP) is 2.55. The van der Waals surface area contributed by atoms with Gasteiger partial charge in [-0.3, -0.25) is 19.3 Å². The van der Waals surface area contributed by atoms with Gasteiger partial charge in [-0.15, -0.1) is 0 Å². The highest BCUT2D eigenvalue weighted by Gasteiger charge is 2.36. The Morgan fingerprint density at radius 2 is 1.41 bits per heavy atom. The lowest BCUT2D eigenvalue weighted by atomic mass is 10.1. The lowest BCUT2D eigenvalue weighted by molar-refractivity contribution is -0.116. The molecule has 8 nitrogen and oxygen atoms in total. The first-order valence-electron chi connectivity index (χ1n) is 9.44. The number of anilines is 2. The molecular weight excluding hydrogens is 372 g/mol. The highest BCUT2D eigenvalue weighted by molar-refractivity contribution is 6.22. The quantitative estimate of drug-likeness (QED) is 0.781. The molecule has 2 N–H and O–H groups in total. The van der Waals surface area contributed by atoms with Crippen molar-refractivity contribution in [3.05, 3.63) is 59.7 Å². The molecule has 2 aromatic rings. The molecule has 1 saturated heterocycles. The number of urea groups is 1. The summed E-state index contributed by atoms with van der Waals surface area (Å²) < 4.78 is 0. The van der Waals surface area contributed by atoms with Crippen LogP contribution in [-0.4, -0.2) is 53.2 Å². The van der Waals surface area contributed by atoms with Gasteiger partial charge in [0.2, 0.25) is 5.91 Å². The van der Waals surface area contributed by atoms with Crippen molar-refractivity contribution < 1.29 is 19.2 Å². The van der Waals surface area contributed by atoms with Crippen LogP contribution in [-0.2, 0) is 4.79 Å². The molecule has 148 valence electrons. The maximum atomic E-state index is 12.4. The minimum Gasteiger partial charge on any atom is -0.325 e. The summed E-state index contributed by atoms with van der Waals surface area (Å²) in [6.45, 7) is 1.10. The van der Waals surface area contributed by atoms with Gasteiger partial charge < -0.3 is 15.5 Å². The lowest BCUT2D eigenvalue weighted by Crippen LogP contribution is -2.37. The van der Waals surface area contributed by atoms with Gasteiger partial charge in [0.05, 0.1) is 11.1 Å². The summed E-state index contributed by atoms with van der Waals surface area (Å²) in [4.78, 5) is 52.0. The summed E-state index contributed by atoms with van der Waals surface area (Å²) in [7, 11) is 0. The van der Waals surface area contributed by atoms with Gasteiger partial charge in [0.1, 0.15) is 6.54 Å². The Morgan fingerprint density at radius 3 is 2.03 bits per heavy atom. The summed E-state index contributed by atoms with van der Waals surface area (Å²) >= 11 is 0. The van der Waals surface area contributed by atoms with E-state index in [4.69, 9.17) is 0 Å².